The summed E-state index contributed by atoms with van der Waals surface area (Å²) in [4.78, 5) is 23.5. The molecule has 1 saturated carbocycles. The van der Waals surface area contributed by atoms with Gasteiger partial charge in [-0.15, -0.1) is 0 Å². The van der Waals surface area contributed by atoms with Crippen LogP contribution in [0.1, 0.15) is 33.6 Å². The first-order valence-corrected chi connectivity index (χ1v) is 6.56. The quantitative estimate of drug-likeness (QED) is 0.616. The molecule has 3 rings (SSSR count). The Hall–Kier alpha value is -1.38. The van der Waals surface area contributed by atoms with Crippen molar-refractivity contribution < 1.29 is 14.3 Å². The predicted molar refractivity (Wildman–Crippen MR) is 66.7 cm³/mol. The van der Waals surface area contributed by atoms with Crippen molar-refractivity contribution >= 4 is 11.8 Å². The molecule has 96 valence electrons. The largest absolute Gasteiger partial charge is 0.454 e. The molecule has 0 saturated heterocycles. The fourth-order valence-electron chi connectivity index (χ4n) is 3.69. The summed E-state index contributed by atoms with van der Waals surface area (Å²) >= 11 is 0. The molecule has 0 aromatic carbocycles. The fraction of sp³-hybridized carbons (Fsp3) is 0.600. The van der Waals surface area contributed by atoms with E-state index in [4.69, 9.17) is 4.74 Å². The van der Waals surface area contributed by atoms with E-state index in [1.165, 1.54) is 0 Å². The van der Waals surface area contributed by atoms with Gasteiger partial charge in [0.05, 0.1) is 0 Å². The maximum absolute atomic E-state index is 11.8. The molecule has 2 aliphatic carbocycles. The van der Waals surface area contributed by atoms with Gasteiger partial charge in [0.2, 0.25) is 0 Å². The molecular formula is C15H18O3. The van der Waals surface area contributed by atoms with Gasteiger partial charge in [-0.1, -0.05) is 19.9 Å². The second-order valence-corrected chi connectivity index (χ2v) is 6.09. The molecule has 3 nitrogen and oxygen atoms in total. The smallest absolute Gasteiger partial charge is 0.334 e. The molecule has 1 fully saturated rings. The van der Waals surface area contributed by atoms with Crippen molar-refractivity contribution in [2.24, 2.45) is 17.3 Å². The number of rotatable bonds is 0. The van der Waals surface area contributed by atoms with Crippen LogP contribution in [0.3, 0.4) is 0 Å². The topological polar surface area (TPSA) is 43.4 Å². The van der Waals surface area contributed by atoms with Gasteiger partial charge in [-0.3, -0.25) is 4.79 Å². The van der Waals surface area contributed by atoms with Gasteiger partial charge in [-0.25, -0.2) is 4.79 Å². The standard InChI is InChI=1S/C15H18O3/c1-8-10-6-11-9(2)12(16)4-5-15(11,3)7-13(10)18-14(8)17/h4-5,9,11,13H,6-7H2,1-3H3/t9-,11+,13+,15-/m1/s1. The van der Waals surface area contributed by atoms with E-state index in [0.717, 1.165) is 24.0 Å². The van der Waals surface area contributed by atoms with Gasteiger partial charge < -0.3 is 4.74 Å². The van der Waals surface area contributed by atoms with Crippen molar-refractivity contribution in [2.75, 3.05) is 0 Å². The number of hydrogen-bond acceptors (Lipinski definition) is 3. The van der Waals surface area contributed by atoms with E-state index in [-0.39, 0.29) is 29.2 Å². The van der Waals surface area contributed by atoms with Crippen LogP contribution in [0.4, 0.5) is 0 Å². The van der Waals surface area contributed by atoms with E-state index in [1.807, 2.05) is 19.9 Å². The number of carbonyl (C=O) groups excluding carboxylic acids is 2. The first-order valence-electron chi connectivity index (χ1n) is 6.56. The Morgan fingerprint density at radius 1 is 1.39 bits per heavy atom. The minimum absolute atomic E-state index is 0.0214. The highest BCUT2D eigenvalue weighted by atomic mass is 16.5. The molecule has 0 aromatic rings. The van der Waals surface area contributed by atoms with Gasteiger partial charge in [0.25, 0.3) is 0 Å². The third kappa shape index (κ3) is 1.43. The molecule has 0 amide bonds. The molecule has 1 heterocycles. The molecule has 18 heavy (non-hydrogen) atoms. The van der Waals surface area contributed by atoms with E-state index >= 15 is 0 Å². The molecule has 4 atom stereocenters. The number of ketones is 1. The number of carbonyl (C=O) groups is 2. The Morgan fingerprint density at radius 3 is 2.83 bits per heavy atom. The normalized spacial score (nSPS) is 42.7. The zero-order chi connectivity index (χ0) is 13.1. The summed E-state index contributed by atoms with van der Waals surface area (Å²) < 4.78 is 5.42. The monoisotopic (exact) mass is 246 g/mol. The molecule has 3 heteroatoms. The van der Waals surface area contributed by atoms with Gasteiger partial charge in [0, 0.05) is 11.5 Å². The summed E-state index contributed by atoms with van der Waals surface area (Å²) in [5.74, 6) is 0.363. The highest BCUT2D eigenvalue weighted by Crippen LogP contribution is 2.52. The van der Waals surface area contributed by atoms with Crippen LogP contribution in [-0.2, 0) is 14.3 Å². The molecular weight excluding hydrogens is 228 g/mol. The van der Waals surface area contributed by atoms with E-state index in [1.54, 1.807) is 6.08 Å². The molecule has 0 N–H and O–H groups in total. The zero-order valence-electron chi connectivity index (χ0n) is 11.0. The Labute approximate surface area is 107 Å². The van der Waals surface area contributed by atoms with E-state index < -0.39 is 0 Å². The summed E-state index contributed by atoms with van der Waals surface area (Å²) in [6, 6.07) is 0. The first-order chi connectivity index (χ1) is 8.42. The number of ether oxygens (including phenoxy) is 1. The minimum atomic E-state index is -0.180. The van der Waals surface area contributed by atoms with Crippen molar-refractivity contribution in [3.05, 3.63) is 23.3 Å². The Balaban J connectivity index is 2.02. The lowest BCUT2D eigenvalue weighted by atomic mass is 9.58. The lowest BCUT2D eigenvalue weighted by Crippen LogP contribution is -2.44. The van der Waals surface area contributed by atoms with Crippen molar-refractivity contribution in [3.8, 4) is 0 Å². The molecule has 3 aliphatic rings. The zero-order valence-corrected chi connectivity index (χ0v) is 11.0. The van der Waals surface area contributed by atoms with Crippen LogP contribution >= 0.6 is 0 Å². The molecule has 0 unspecified atom stereocenters. The molecule has 1 aliphatic heterocycles. The Kier molecular flexibility index (Phi) is 2.31. The number of fused-ring (bicyclic) bond motifs is 2. The van der Waals surface area contributed by atoms with Crippen LogP contribution in [0, 0.1) is 17.3 Å². The van der Waals surface area contributed by atoms with Crippen molar-refractivity contribution in [1.29, 1.82) is 0 Å². The van der Waals surface area contributed by atoms with Crippen LogP contribution < -0.4 is 0 Å². The van der Waals surface area contributed by atoms with Gasteiger partial charge >= 0.3 is 5.97 Å². The number of hydrogen-bond donors (Lipinski definition) is 0. The van der Waals surface area contributed by atoms with Crippen LogP contribution in [0.15, 0.2) is 23.3 Å². The summed E-state index contributed by atoms with van der Waals surface area (Å²) in [5.41, 5.74) is 1.86. The Bertz CT molecular complexity index is 500. The van der Waals surface area contributed by atoms with E-state index in [0.29, 0.717) is 5.92 Å². The highest BCUT2D eigenvalue weighted by Gasteiger charge is 2.50. The summed E-state index contributed by atoms with van der Waals surface area (Å²) in [5, 5.41) is 0. The SMILES string of the molecule is CC1=C2C[C@H]3[C@@H](C)C(=O)C=C[C@]3(C)C[C@@H]2OC1=O. The van der Waals surface area contributed by atoms with Gasteiger partial charge in [0.1, 0.15) is 6.10 Å². The lowest BCUT2D eigenvalue weighted by Gasteiger charge is -2.46. The maximum Gasteiger partial charge on any atom is 0.334 e. The number of allylic oxidation sites excluding steroid dienone is 2. The fourth-order valence-corrected chi connectivity index (χ4v) is 3.69. The van der Waals surface area contributed by atoms with E-state index in [2.05, 4.69) is 6.92 Å². The second-order valence-electron chi connectivity index (χ2n) is 6.09. The van der Waals surface area contributed by atoms with Crippen LogP contribution in [-0.4, -0.2) is 17.9 Å². The second kappa shape index (κ2) is 3.56. The summed E-state index contributed by atoms with van der Waals surface area (Å²) in [7, 11) is 0. The average Bonchev–Trinajstić information content (AvgIpc) is 2.58. The summed E-state index contributed by atoms with van der Waals surface area (Å²) in [6.07, 6.45) is 5.29. The molecule has 0 spiro atoms. The maximum atomic E-state index is 11.8. The van der Waals surface area contributed by atoms with Crippen LogP contribution in [0.2, 0.25) is 0 Å². The van der Waals surface area contributed by atoms with Crippen molar-refractivity contribution in [2.45, 2.75) is 39.7 Å². The van der Waals surface area contributed by atoms with Gasteiger partial charge in [0.15, 0.2) is 5.78 Å². The summed E-state index contributed by atoms with van der Waals surface area (Å²) in [6.45, 7) is 6.02. The highest BCUT2D eigenvalue weighted by molar-refractivity contribution is 5.94. The van der Waals surface area contributed by atoms with Gasteiger partial charge in [-0.2, -0.15) is 0 Å². The van der Waals surface area contributed by atoms with Gasteiger partial charge in [-0.05, 0) is 42.7 Å². The van der Waals surface area contributed by atoms with Crippen molar-refractivity contribution in [1.82, 2.24) is 0 Å². The minimum Gasteiger partial charge on any atom is -0.454 e. The Morgan fingerprint density at radius 2 is 2.11 bits per heavy atom. The third-order valence-electron chi connectivity index (χ3n) is 5.02. The average molecular weight is 246 g/mol. The predicted octanol–water partition coefficient (Wildman–Crippen LogP) is 2.42. The lowest BCUT2D eigenvalue weighted by molar-refractivity contribution is -0.142. The van der Waals surface area contributed by atoms with Crippen LogP contribution in [0.5, 0.6) is 0 Å². The van der Waals surface area contributed by atoms with Crippen LogP contribution in [0.25, 0.3) is 0 Å². The molecule has 0 radical (unpaired) electrons. The van der Waals surface area contributed by atoms with Crippen molar-refractivity contribution in [3.63, 3.8) is 0 Å². The van der Waals surface area contributed by atoms with E-state index in [9.17, 15) is 9.59 Å². The first kappa shape index (κ1) is 11.7. The molecule has 0 bridgehead atoms. The third-order valence-corrected chi connectivity index (χ3v) is 5.02. The molecule has 0 aromatic heterocycles. The number of esters is 1.